The maximum atomic E-state index is 10.9. The molecule has 0 saturated carbocycles. The molecule has 110 valence electrons. The summed E-state index contributed by atoms with van der Waals surface area (Å²) in [5, 5.41) is 18.9. The summed E-state index contributed by atoms with van der Waals surface area (Å²) in [6.07, 6.45) is 1.52. The van der Waals surface area contributed by atoms with Crippen LogP contribution in [0.4, 0.5) is 0 Å². The minimum Gasteiger partial charge on any atom is -0.297 e. The van der Waals surface area contributed by atoms with Gasteiger partial charge >= 0.3 is 0 Å². The van der Waals surface area contributed by atoms with Gasteiger partial charge in [-0.25, -0.2) is 0 Å². The third kappa shape index (κ3) is 2.62. The number of hydrogen-bond acceptors (Lipinski definition) is 7. The number of carbonyl (C=O) groups excluding carboxylic acids is 2. The van der Waals surface area contributed by atoms with Gasteiger partial charge < -0.3 is 0 Å². The molecular weight excluding hydrogens is 348 g/mol. The van der Waals surface area contributed by atoms with Gasteiger partial charge in [0.1, 0.15) is 12.1 Å². The van der Waals surface area contributed by atoms with Crippen molar-refractivity contribution in [3.8, 4) is 31.6 Å². The highest BCUT2D eigenvalue weighted by Gasteiger charge is 2.22. The summed E-state index contributed by atoms with van der Waals surface area (Å²) in [5.41, 5.74) is 0.626. The summed E-state index contributed by atoms with van der Waals surface area (Å²) in [5.74, 6) is 0. The summed E-state index contributed by atoms with van der Waals surface area (Å²) in [7, 11) is 0. The van der Waals surface area contributed by atoms with Crippen LogP contribution in [0.15, 0.2) is 24.3 Å². The first kappa shape index (κ1) is 15.3. The van der Waals surface area contributed by atoms with Gasteiger partial charge in [0.05, 0.1) is 30.6 Å². The summed E-state index contributed by atoms with van der Waals surface area (Å²) in [6.45, 7) is 0. The predicted octanol–water partition coefficient (Wildman–Crippen LogP) is 4.57. The third-order valence-corrected chi connectivity index (χ3v) is 6.64. The maximum Gasteiger partial charge on any atom is 0.160 e. The van der Waals surface area contributed by atoms with Crippen molar-refractivity contribution in [1.29, 1.82) is 10.5 Å². The van der Waals surface area contributed by atoms with E-state index in [1.54, 1.807) is 24.3 Å². The van der Waals surface area contributed by atoms with E-state index in [0.29, 0.717) is 30.6 Å². The first-order valence-corrected chi connectivity index (χ1v) is 8.74. The van der Waals surface area contributed by atoms with Gasteiger partial charge in [0.2, 0.25) is 0 Å². The zero-order valence-corrected chi connectivity index (χ0v) is 13.8. The molecule has 0 unspecified atom stereocenters. The minimum atomic E-state index is 0.313. The largest absolute Gasteiger partial charge is 0.297 e. The van der Waals surface area contributed by atoms with Crippen LogP contribution in [0, 0.1) is 22.7 Å². The Morgan fingerprint density at radius 2 is 1.17 bits per heavy atom. The van der Waals surface area contributed by atoms with Gasteiger partial charge in [-0.2, -0.15) is 10.5 Å². The first-order chi connectivity index (χ1) is 11.2. The Morgan fingerprint density at radius 1 is 0.739 bits per heavy atom. The summed E-state index contributed by atoms with van der Waals surface area (Å²) in [4.78, 5) is 25.8. The topological polar surface area (TPSA) is 81.7 Å². The highest BCUT2D eigenvalue weighted by molar-refractivity contribution is 7.27. The summed E-state index contributed by atoms with van der Waals surface area (Å²) in [6, 6.07) is 11.1. The zero-order valence-electron chi connectivity index (χ0n) is 11.4. The van der Waals surface area contributed by atoms with E-state index in [9.17, 15) is 20.1 Å². The lowest BCUT2D eigenvalue weighted by atomic mass is 10.1. The molecule has 0 N–H and O–H groups in total. The number of carbonyl (C=O) groups is 2. The van der Waals surface area contributed by atoms with E-state index >= 15 is 0 Å². The molecule has 3 rings (SSSR count). The average molecular weight is 354 g/mol. The molecule has 3 heterocycles. The third-order valence-electron chi connectivity index (χ3n) is 3.07. The van der Waals surface area contributed by atoms with Crippen LogP contribution >= 0.6 is 34.0 Å². The number of nitrogens with zero attached hydrogens (tertiary/aromatic N) is 2. The fraction of sp³-hybridized carbons (Fsp3) is 0. The molecule has 4 nitrogen and oxygen atoms in total. The van der Waals surface area contributed by atoms with Gasteiger partial charge in [0, 0.05) is 9.75 Å². The molecule has 0 aliphatic heterocycles. The molecule has 0 aliphatic rings. The van der Waals surface area contributed by atoms with Crippen molar-refractivity contribution in [2.45, 2.75) is 0 Å². The number of hydrogen-bond donors (Lipinski definition) is 0. The lowest BCUT2D eigenvalue weighted by Gasteiger charge is -1.91. The van der Waals surface area contributed by atoms with Crippen molar-refractivity contribution in [1.82, 2.24) is 0 Å². The van der Waals surface area contributed by atoms with E-state index in [-0.39, 0.29) is 0 Å². The van der Waals surface area contributed by atoms with Crippen LogP contribution in [-0.4, -0.2) is 12.6 Å². The van der Waals surface area contributed by atoms with Crippen molar-refractivity contribution in [3.05, 3.63) is 45.1 Å². The number of rotatable bonds is 4. The molecule has 0 spiro atoms. The lowest BCUT2D eigenvalue weighted by molar-refractivity contribution is 0.111. The van der Waals surface area contributed by atoms with Crippen LogP contribution in [0.2, 0.25) is 0 Å². The second kappa shape index (κ2) is 6.27. The minimum absolute atomic E-state index is 0.313. The smallest absolute Gasteiger partial charge is 0.160 e. The molecule has 0 radical (unpaired) electrons. The fourth-order valence-electron chi connectivity index (χ4n) is 2.07. The van der Waals surface area contributed by atoms with Crippen LogP contribution in [0.25, 0.3) is 19.5 Å². The Morgan fingerprint density at radius 3 is 1.48 bits per heavy atom. The fourth-order valence-corrected chi connectivity index (χ4v) is 5.15. The van der Waals surface area contributed by atoms with Gasteiger partial charge in [-0.1, -0.05) is 0 Å². The van der Waals surface area contributed by atoms with Crippen molar-refractivity contribution < 1.29 is 9.59 Å². The number of thiophene rings is 3. The Bertz CT molecular complexity index is 917. The molecule has 0 aliphatic carbocycles. The number of nitriles is 2. The van der Waals surface area contributed by atoms with Crippen molar-refractivity contribution in [2.75, 3.05) is 0 Å². The molecule has 3 aromatic heterocycles. The van der Waals surface area contributed by atoms with E-state index in [1.165, 1.54) is 34.0 Å². The van der Waals surface area contributed by atoms with E-state index < -0.39 is 0 Å². The van der Waals surface area contributed by atoms with Gasteiger partial charge in [0.25, 0.3) is 0 Å². The molecule has 0 fully saturated rings. The monoisotopic (exact) mass is 354 g/mol. The first-order valence-electron chi connectivity index (χ1n) is 6.29. The van der Waals surface area contributed by atoms with Gasteiger partial charge in [0.15, 0.2) is 12.6 Å². The molecule has 0 aromatic carbocycles. The quantitative estimate of drug-likeness (QED) is 0.642. The summed E-state index contributed by atoms with van der Waals surface area (Å²) >= 11 is 3.90. The highest BCUT2D eigenvalue weighted by atomic mass is 32.1. The van der Waals surface area contributed by atoms with Gasteiger partial charge in [-0.05, 0) is 24.3 Å². The van der Waals surface area contributed by atoms with E-state index in [2.05, 4.69) is 12.1 Å². The van der Waals surface area contributed by atoms with Crippen LogP contribution in [0.1, 0.15) is 30.5 Å². The molecule has 7 heteroatoms. The highest BCUT2D eigenvalue weighted by Crippen LogP contribution is 2.45. The molecule has 0 atom stereocenters. The normalized spacial score (nSPS) is 10.0. The average Bonchev–Trinajstić information content (AvgIpc) is 3.29. The Labute approximate surface area is 143 Å². The zero-order chi connectivity index (χ0) is 16.4. The molecule has 0 amide bonds. The van der Waals surface area contributed by atoms with Crippen molar-refractivity contribution in [2.24, 2.45) is 0 Å². The van der Waals surface area contributed by atoms with Crippen molar-refractivity contribution in [3.63, 3.8) is 0 Å². The molecular formula is C16H6N2O2S3. The van der Waals surface area contributed by atoms with Crippen LogP contribution in [-0.2, 0) is 0 Å². The Kier molecular flexibility index (Phi) is 4.18. The number of aldehydes is 2. The lowest BCUT2D eigenvalue weighted by Crippen LogP contribution is -1.80. The van der Waals surface area contributed by atoms with Crippen LogP contribution < -0.4 is 0 Å². The maximum absolute atomic E-state index is 10.9. The van der Waals surface area contributed by atoms with Gasteiger partial charge in [-0.15, -0.1) is 34.0 Å². The Hall–Kier alpha value is -2.58. The molecule has 3 aromatic rings. The van der Waals surface area contributed by atoms with Crippen LogP contribution in [0.5, 0.6) is 0 Å². The van der Waals surface area contributed by atoms with E-state index in [0.717, 1.165) is 22.3 Å². The molecule has 0 bridgehead atoms. The van der Waals surface area contributed by atoms with E-state index in [1.807, 2.05) is 0 Å². The van der Waals surface area contributed by atoms with E-state index in [4.69, 9.17) is 0 Å². The second-order valence-electron chi connectivity index (χ2n) is 4.37. The molecule has 0 saturated heterocycles. The SMILES string of the molecule is N#Cc1c(-c2ccc(C=O)s2)sc(-c2ccc(C=O)s2)c1C#N. The van der Waals surface area contributed by atoms with Crippen molar-refractivity contribution >= 4 is 46.6 Å². The van der Waals surface area contributed by atoms with Gasteiger partial charge in [-0.3, -0.25) is 9.59 Å². The standard InChI is InChI=1S/C16H6N2O2S3/c17-5-11-12(6-18)16(14-4-2-10(8-20)22-14)23-15(11)13-3-1-9(7-19)21-13/h1-4,7-8H. The molecule has 23 heavy (non-hydrogen) atoms. The Balaban J connectivity index is 2.22. The predicted molar refractivity (Wildman–Crippen MR) is 91.2 cm³/mol. The second-order valence-corrected chi connectivity index (χ2v) is 7.62. The summed E-state index contributed by atoms with van der Waals surface area (Å²) < 4.78 is 0. The van der Waals surface area contributed by atoms with Crippen LogP contribution in [0.3, 0.4) is 0 Å².